The summed E-state index contributed by atoms with van der Waals surface area (Å²) in [5.41, 5.74) is 2.70. The molecular weight excluding hydrogens is 344 g/mol. The maximum Gasteiger partial charge on any atom is 0.229 e. The summed E-state index contributed by atoms with van der Waals surface area (Å²) in [7, 11) is 0. The summed E-state index contributed by atoms with van der Waals surface area (Å²) in [4.78, 5) is 12.3. The van der Waals surface area contributed by atoms with Crippen molar-refractivity contribution < 1.29 is 14.1 Å². The lowest BCUT2D eigenvalue weighted by molar-refractivity contribution is -0.115. The third kappa shape index (κ3) is 4.55. The van der Waals surface area contributed by atoms with Gasteiger partial charge in [0.1, 0.15) is 23.9 Å². The van der Waals surface area contributed by atoms with Crippen molar-refractivity contribution in [2.24, 2.45) is 0 Å². The number of carbonyl (C=O) groups is 1. The lowest BCUT2D eigenvalue weighted by atomic mass is 10.1. The number of nitrogens with one attached hydrogen (secondary N) is 1. The molecule has 0 radical (unpaired) electrons. The number of rotatable bonds is 7. The fraction of sp³-hybridized carbons (Fsp3) is 0.350. The number of aryl methyl sites for hydroxylation is 2. The van der Waals surface area contributed by atoms with Crippen molar-refractivity contribution in [1.29, 1.82) is 0 Å². The molecule has 7 nitrogen and oxygen atoms in total. The van der Waals surface area contributed by atoms with Gasteiger partial charge in [-0.25, -0.2) is 4.68 Å². The van der Waals surface area contributed by atoms with Gasteiger partial charge < -0.3 is 14.6 Å². The highest BCUT2D eigenvalue weighted by atomic mass is 16.5. The maximum atomic E-state index is 12.3. The van der Waals surface area contributed by atoms with Gasteiger partial charge in [0.05, 0.1) is 23.9 Å². The summed E-state index contributed by atoms with van der Waals surface area (Å²) in [5.74, 6) is 2.12. The Bertz CT molecular complexity index is 890. The van der Waals surface area contributed by atoms with Crippen LogP contribution < -0.4 is 10.1 Å². The Morgan fingerprint density at radius 2 is 1.96 bits per heavy atom. The zero-order valence-corrected chi connectivity index (χ0v) is 16.0. The lowest BCUT2D eigenvalue weighted by Crippen LogP contribution is -2.18. The first-order chi connectivity index (χ1) is 12.9. The van der Waals surface area contributed by atoms with E-state index in [2.05, 4.69) is 15.6 Å². The van der Waals surface area contributed by atoms with Gasteiger partial charge in [0, 0.05) is 12.1 Å². The highest BCUT2D eigenvalue weighted by molar-refractivity contribution is 5.91. The highest BCUT2D eigenvalue weighted by Crippen LogP contribution is 2.19. The van der Waals surface area contributed by atoms with Crippen LogP contribution in [0.1, 0.15) is 42.5 Å². The van der Waals surface area contributed by atoms with E-state index < -0.39 is 0 Å². The first kappa shape index (κ1) is 18.7. The minimum absolute atomic E-state index is 0.0817. The average molecular weight is 368 g/mol. The monoisotopic (exact) mass is 368 g/mol. The van der Waals surface area contributed by atoms with Crippen LogP contribution in [0.15, 0.2) is 41.1 Å². The molecule has 0 spiro atoms. The van der Waals surface area contributed by atoms with Crippen LogP contribution in [-0.4, -0.2) is 20.8 Å². The Balaban J connectivity index is 1.55. The van der Waals surface area contributed by atoms with Gasteiger partial charge >= 0.3 is 0 Å². The van der Waals surface area contributed by atoms with E-state index in [1.54, 1.807) is 16.9 Å². The Hall–Kier alpha value is -3.09. The zero-order valence-electron chi connectivity index (χ0n) is 16.0. The van der Waals surface area contributed by atoms with Gasteiger partial charge in [0.2, 0.25) is 5.91 Å². The summed E-state index contributed by atoms with van der Waals surface area (Å²) in [6.45, 7) is 8.20. The fourth-order valence-corrected chi connectivity index (χ4v) is 2.76. The molecule has 2 aromatic heterocycles. The number of aromatic nitrogens is 3. The quantitative estimate of drug-likeness (QED) is 0.685. The molecule has 0 fully saturated rings. The molecule has 0 bridgehead atoms. The predicted molar refractivity (Wildman–Crippen MR) is 102 cm³/mol. The third-order valence-electron chi connectivity index (χ3n) is 4.28. The standard InChI is InChI=1S/C20H24N4O3/c1-13(2)24-19(9-10-21-24)22-20(25)11-16-5-7-17(8-6-16)26-12-18-14(3)23-27-15(18)4/h5-10,13H,11-12H2,1-4H3,(H,22,25). The molecule has 2 heterocycles. The molecule has 0 saturated carbocycles. The molecule has 3 rings (SSSR count). The van der Waals surface area contributed by atoms with Crippen molar-refractivity contribution in [3.63, 3.8) is 0 Å². The van der Waals surface area contributed by atoms with Crippen molar-refractivity contribution in [2.75, 3.05) is 5.32 Å². The van der Waals surface area contributed by atoms with E-state index in [0.29, 0.717) is 12.4 Å². The summed E-state index contributed by atoms with van der Waals surface area (Å²) >= 11 is 0. The van der Waals surface area contributed by atoms with Crippen LogP contribution in [0, 0.1) is 13.8 Å². The Morgan fingerprint density at radius 3 is 2.59 bits per heavy atom. The molecule has 27 heavy (non-hydrogen) atoms. The first-order valence-electron chi connectivity index (χ1n) is 8.91. The molecule has 0 atom stereocenters. The fourth-order valence-electron chi connectivity index (χ4n) is 2.76. The van der Waals surface area contributed by atoms with Crippen molar-refractivity contribution in [3.8, 4) is 5.75 Å². The number of nitrogens with zero attached hydrogens (tertiary/aromatic N) is 3. The number of benzene rings is 1. The van der Waals surface area contributed by atoms with Crippen molar-refractivity contribution >= 4 is 11.7 Å². The SMILES string of the molecule is Cc1noc(C)c1COc1ccc(CC(=O)Nc2ccnn2C(C)C)cc1. The molecule has 1 N–H and O–H groups in total. The van der Waals surface area contributed by atoms with E-state index in [4.69, 9.17) is 9.26 Å². The first-order valence-corrected chi connectivity index (χ1v) is 8.91. The molecule has 1 amide bonds. The minimum atomic E-state index is -0.0817. The molecule has 0 unspecified atom stereocenters. The molecule has 0 aliphatic carbocycles. The van der Waals surface area contributed by atoms with Gasteiger partial charge in [-0.2, -0.15) is 5.10 Å². The summed E-state index contributed by atoms with van der Waals surface area (Å²) in [6.07, 6.45) is 1.97. The van der Waals surface area contributed by atoms with E-state index in [0.717, 1.165) is 28.3 Å². The largest absolute Gasteiger partial charge is 0.489 e. The molecule has 7 heteroatoms. The molecule has 0 saturated heterocycles. The van der Waals surface area contributed by atoms with Gasteiger partial charge in [0.25, 0.3) is 0 Å². The van der Waals surface area contributed by atoms with Crippen LogP contribution in [0.25, 0.3) is 0 Å². The second-order valence-electron chi connectivity index (χ2n) is 6.72. The summed E-state index contributed by atoms with van der Waals surface area (Å²) < 4.78 is 12.7. The van der Waals surface area contributed by atoms with Crippen molar-refractivity contribution in [2.45, 2.75) is 46.8 Å². The predicted octanol–water partition coefficient (Wildman–Crippen LogP) is 3.83. The smallest absolute Gasteiger partial charge is 0.229 e. The van der Waals surface area contributed by atoms with Crippen LogP contribution in [0.2, 0.25) is 0 Å². The van der Waals surface area contributed by atoms with Gasteiger partial charge in [-0.15, -0.1) is 0 Å². The lowest BCUT2D eigenvalue weighted by Gasteiger charge is -2.12. The molecule has 0 aliphatic rings. The molecule has 142 valence electrons. The second kappa shape index (κ2) is 8.07. The van der Waals surface area contributed by atoms with Crippen LogP contribution in [0.4, 0.5) is 5.82 Å². The highest BCUT2D eigenvalue weighted by Gasteiger charge is 2.11. The Morgan fingerprint density at radius 1 is 1.22 bits per heavy atom. The molecular formula is C20H24N4O3. The van der Waals surface area contributed by atoms with E-state index >= 15 is 0 Å². The molecule has 0 aliphatic heterocycles. The van der Waals surface area contributed by atoms with E-state index in [-0.39, 0.29) is 18.4 Å². The van der Waals surface area contributed by atoms with E-state index in [1.807, 2.05) is 52.0 Å². The topological polar surface area (TPSA) is 82.2 Å². The van der Waals surface area contributed by atoms with Crippen LogP contribution in [0.3, 0.4) is 0 Å². The number of carbonyl (C=O) groups excluding carboxylic acids is 1. The zero-order chi connectivity index (χ0) is 19.4. The van der Waals surface area contributed by atoms with Crippen molar-refractivity contribution in [3.05, 3.63) is 59.1 Å². The Kier molecular flexibility index (Phi) is 5.59. The van der Waals surface area contributed by atoms with E-state index in [9.17, 15) is 4.79 Å². The van der Waals surface area contributed by atoms with Crippen molar-refractivity contribution in [1.82, 2.24) is 14.9 Å². The van der Waals surface area contributed by atoms with Gasteiger partial charge in [-0.05, 0) is 45.4 Å². The molecule has 1 aromatic carbocycles. The third-order valence-corrected chi connectivity index (χ3v) is 4.28. The van der Waals surface area contributed by atoms with E-state index in [1.165, 1.54) is 0 Å². The van der Waals surface area contributed by atoms with Crippen LogP contribution >= 0.6 is 0 Å². The number of ether oxygens (including phenoxy) is 1. The number of amides is 1. The van der Waals surface area contributed by atoms with Crippen LogP contribution in [-0.2, 0) is 17.8 Å². The van der Waals surface area contributed by atoms with Gasteiger partial charge in [0.15, 0.2) is 0 Å². The summed E-state index contributed by atoms with van der Waals surface area (Å²) in [5, 5.41) is 11.0. The Labute approximate surface area is 158 Å². The van der Waals surface area contributed by atoms with Gasteiger partial charge in [-0.3, -0.25) is 4.79 Å². The maximum absolute atomic E-state index is 12.3. The van der Waals surface area contributed by atoms with Crippen LogP contribution in [0.5, 0.6) is 5.75 Å². The number of hydrogen-bond donors (Lipinski definition) is 1. The van der Waals surface area contributed by atoms with Gasteiger partial charge in [-0.1, -0.05) is 17.3 Å². The average Bonchev–Trinajstić information content (AvgIpc) is 3.21. The normalized spacial score (nSPS) is 11.0. The number of hydrogen-bond acceptors (Lipinski definition) is 5. The second-order valence-corrected chi connectivity index (χ2v) is 6.72. The summed E-state index contributed by atoms with van der Waals surface area (Å²) in [6, 6.07) is 9.48. The molecule has 3 aromatic rings. The number of anilines is 1. The minimum Gasteiger partial charge on any atom is -0.489 e.